The smallest absolute Gasteiger partial charge is 0.255 e. The third kappa shape index (κ3) is 5.16. The zero-order valence-electron chi connectivity index (χ0n) is 19.1. The Morgan fingerprint density at radius 3 is 2.42 bits per heavy atom. The van der Waals surface area contributed by atoms with Gasteiger partial charge in [-0.25, -0.2) is 0 Å². The maximum atomic E-state index is 13.2. The third-order valence-electron chi connectivity index (χ3n) is 6.19. The molecule has 5 rings (SSSR count). The lowest BCUT2D eigenvalue weighted by molar-refractivity contribution is 0.0535. The largest absolute Gasteiger partial charge is 0.364 e. The first-order valence-corrected chi connectivity index (χ1v) is 13.2. The van der Waals surface area contributed by atoms with Gasteiger partial charge in [-0.1, -0.05) is 41.4 Å². The molecule has 2 amide bonds. The van der Waals surface area contributed by atoms with Crippen molar-refractivity contribution in [3.05, 3.63) is 91.0 Å². The molecule has 0 saturated carbocycles. The molecule has 184 valence electrons. The molecule has 36 heavy (non-hydrogen) atoms. The number of nitrogens with one attached hydrogen (secondary N) is 2. The van der Waals surface area contributed by atoms with Gasteiger partial charge in [0.25, 0.3) is 11.8 Å². The SMILES string of the molecule is O=C(c1cccc(CNc2n[nH]c3cccc(I)c23)c1)N1CCN(C(=O)c2ccc(Cl)cc2Cl)CC1. The van der Waals surface area contributed by atoms with E-state index >= 15 is 0 Å². The predicted molar refractivity (Wildman–Crippen MR) is 151 cm³/mol. The van der Waals surface area contributed by atoms with Crippen LogP contribution in [0.2, 0.25) is 10.0 Å². The molecule has 1 aromatic heterocycles. The van der Waals surface area contributed by atoms with Gasteiger partial charge in [0.2, 0.25) is 0 Å². The minimum atomic E-state index is -0.155. The molecule has 10 heteroatoms. The van der Waals surface area contributed by atoms with Crippen molar-refractivity contribution in [1.82, 2.24) is 20.0 Å². The number of aromatic amines is 1. The van der Waals surface area contributed by atoms with Gasteiger partial charge < -0.3 is 15.1 Å². The number of hydrogen-bond acceptors (Lipinski definition) is 4. The minimum Gasteiger partial charge on any atom is -0.364 e. The summed E-state index contributed by atoms with van der Waals surface area (Å²) in [6.07, 6.45) is 0. The molecule has 3 aromatic carbocycles. The highest BCUT2D eigenvalue weighted by atomic mass is 127. The van der Waals surface area contributed by atoms with Gasteiger partial charge in [0, 0.05) is 46.9 Å². The molecule has 1 fully saturated rings. The van der Waals surface area contributed by atoms with Gasteiger partial charge in [-0.05, 0) is 70.6 Å². The maximum Gasteiger partial charge on any atom is 0.255 e. The second kappa shape index (κ2) is 10.7. The lowest BCUT2D eigenvalue weighted by Gasteiger charge is -2.35. The fourth-order valence-corrected chi connectivity index (χ4v) is 5.53. The second-order valence-electron chi connectivity index (χ2n) is 8.50. The van der Waals surface area contributed by atoms with E-state index in [-0.39, 0.29) is 11.8 Å². The van der Waals surface area contributed by atoms with Crippen LogP contribution >= 0.6 is 45.8 Å². The number of benzene rings is 3. The Morgan fingerprint density at radius 1 is 0.944 bits per heavy atom. The summed E-state index contributed by atoms with van der Waals surface area (Å²) >= 11 is 14.4. The molecule has 0 aliphatic carbocycles. The van der Waals surface area contributed by atoms with Crippen molar-refractivity contribution < 1.29 is 9.59 Å². The Hall–Kier alpha value is -2.82. The number of hydrogen-bond donors (Lipinski definition) is 2. The van der Waals surface area contributed by atoms with Crippen LogP contribution in [0.25, 0.3) is 10.9 Å². The normalized spacial score (nSPS) is 13.8. The number of amides is 2. The van der Waals surface area contributed by atoms with Crippen molar-refractivity contribution in [2.75, 3.05) is 31.5 Å². The first kappa shape index (κ1) is 24.9. The monoisotopic (exact) mass is 633 g/mol. The summed E-state index contributed by atoms with van der Waals surface area (Å²) < 4.78 is 1.11. The van der Waals surface area contributed by atoms with E-state index < -0.39 is 0 Å². The van der Waals surface area contributed by atoms with Crippen molar-refractivity contribution in [2.45, 2.75) is 6.54 Å². The predicted octanol–water partition coefficient (Wildman–Crippen LogP) is 5.68. The number of aromatic nitrogens is 2. The highest BCUT2D eigenvalue weighted by molar-refractivity contribution is 14.1. The summed E-state index contributed by atoms with van der Waals surface area (Å²) in [4.78, 5) is 29.6. The molecule has 0 radical (unpaired) electrons. The van der Waals surface area contributed by atoms with Crippen LogP contribution in [0.4, 0.5) is 5.82 Å². The molecular weight excluding hydrogens is 612 g/mol. The number of rotatable bonds is 5. The third-order valence-corrected chi connectivity index (χ3v) is 7.63. The summed E-state index contributed by atoms with van der Waals surface area (Å²) in [7, 11) is 0. The van der Waals surface area contributed by atoms with Gasteiger partial charge in [-0.15, -0.1) is 0 Å². The number of anilines is 1. The highest BCUT2D eigenvalue weighted by Gasteiger charge is 2.26. The molecule has 1 aliphatic heterocycles. The average Bonchev–Trinajstić information content (AvgIpc) is 3.31. The Bertz CT molecular complexity index is 1450. The molecule has 4 aromatic rings. The summed E-state index contributed by atoms with van der Waals surface area (Å²) in [6, 6.07) is 18.5. The van der Waals surface area contributed by atoms with Gasteiger partial charge >= 0.3 is 0 Å². The lowest BCUT2D eigenvalue weighted by atomic mass is 10.1. The lowest BCUT2D eigenvalue weighted by Crippen LogP contribution is -2.50. The zero-order valence-corrected chi connectivity index (χ0v) is 22.8. The highest BCUT2D eigenvalue weighted by Crippen LogP contribution is 2.26. The van der Waals surface area contributed by atoms with E-state index in [1.54, 1.807) is 28.0 Å². The first-order valence-electron chi connectivity index (χ1n) is 11.4. The minimum absolute atomic E-state index is 0.0479. The molecule has 0 bridgehead atoms. The molecule has 2 N–H and O–H groups in total. The standard InChI is InChI=1S/C26H22Cl2IN5O2/c27-18-7-8-19(20(28)14-18)26(36)34-11-9-33(10-12-34)25(35)17-4-1-3-16(13-17)15-30-24-23-21(29)5-2-6-22(23)31-32-24/h1-8,13-14H,9-12,15H2,(H2,30,31,32). The van der Waals surface area contributed by atoms with Crippen LogP contribution in [-0.4, -0.2) is 58.0 Å². The molecular formula is C26H22Cl2IN5O2. The van der Waals surface area contributed by atoms with Crippen LogP contribution in [0.3, 0.4) is 0 Å². The number of nitrogens with zero attached hydrogens (tertiary/aromatic N) is 3. The molecule has 0 atom stereocenters. The number of carbonyl (C=O) groups excluding carboxylic acids is 2. The summed E-state index contributed by atoms with van der Waals surface area (Å²) in [5, 5.41) is 12.7. The second-order valence-corrected chi connectivity index (χ2v) is 10.5. The average molecular weight is 634 g/mol. The van der Waals surface area contributed by atoms with E-state index in [1.807, 2.05) is 42.5 Å². The summed E-state index contributed by atoms with van der Waals surface area (Å²) in [6.45, 7) is 2.33. The quantitative estimate of drug-likeness (QED) is 0.277. The Labute approximate surface area is 231 Å². The summed E-state index contributed by atoms with van der Waals surface area (Å²) in [5.74, 6) is 0.582. The van der Waals surface area contributed by atoms with E-state index in [0.29, 0.717) is 53.9 Å². The van der Waals surface area contributed by atoms with Gasteiger partial charge in [-0.3, -0.25) is 14.7 Å². The van der Waals surface area contributed by atoms with E-state index in [2.05, 4.69) is 38.1 Å². The molecule has 7 nitrogen and oxygen atoms in total. The first-order chi connectivity index (χ1) is 17.4. The Morgan fingerprint density at radius 2 is 1.67 bits per heavy atom. The van der Waals surface area contributed by atoms with Crippen LogP contribution in [-0.2, 0) is 6.54 Å². The molecule has 0 unspecified atom stereocenters. The number of carbonyl (C=O) groups is 2. The van der Waals surface area contributed by atoms with Crippen LogP contribution in [0.1, 0.15) is 26.3 Å². The fourth-order valence-electron chi connectivity index (χ4n) is 4.29. The van der Waals surface area contributed by atoms with Gasteiger partial charge in [-0.2, -0.15) is 5.10 Å². The topological polar surface area (TPSA) is 81.3 Å². The van der Waals surface area contributed by atoms with Gasteiger partial charge in [0.05, 0.1) is 21.5 Å². The van der Waals surface area contributed by atoms with Crippen molar-refractivity contribution in [3.63, 3.8) is 0 Å². The van der Waals surface area contributed by atoms with Crippen LogP contribution in [0, 0.1) is 3.57 Å². The number of fused-ring (bicyclic) bond motifs is 1. The number of halogens is 3. The molecule has 0 spiro atoms. The molecule has 1 saturated heterocycles. The summed E-state index contributed by atoms with van der Waals surface area (Å²) in [5.41, 5.74) is 3.00. The van der Waals surface area contributed by atoms with Crippen molar-refractivity contribution in [3.8, 4) is 0 Å². The van der Waals surface area contributed by atoms with E-state index in [9.17, 15) is 9.59 Å². The van der Waals surface area contributed by atoms with Crippen molar-refractivity contribution in [1.29, 1.82) is 0 Å². The van der Waals surface area contributed by atoms with Crippen LogP contribution < -0.4 is 5.32 Å². The van der Waals surface area contributed by atoms with Gasteiger partial charge in [0.1, 0.15) is 0 Å². The fraction of sp³-hybridized carbons (Fsp3) is 0.192. The molecule has 2 heterocycles. The van der Waals surface area contributed by atoms with Crippen LogP contribution in [0.15, 0.2) is 60.7 Å². The van der Waals surface area contributed by atoms with E-state index in [0.717, 1.165) is 25.9 Å². The van der Waals surface area contributed by atoms with Crippen molar-refractivity contribution in [2.24, 2.45) is 0 Å². The Kier molecular flexibility index (Phi) is 7.36. The number of piperazine rings is 1. The van der Waals surface area contributed by atoms with Crippen LogP contribution in [0.5, 0.6) is 0 Å². The zero-order chi connectivity index (χ0) is 25.2. The number of H-pyrrole nitrogens is 1. The van der Waals surface area contributed by atoms with Crippen molar-refractivity contribution >= 4 is 74.3 Å². The Balaban J connectivity index is 1.21. The molecule has 1 aliphatic rings. The maximum absolute atomic E-state index is 13.2. The van der Waals surface area contributed by atoms with E-state index in [4.69, 9.17) is 23.2 Å². The van der Waals surface area contributed by atoms with Gasteiger partial charge in [0.15, 0.2) is 5.82 Å². The van der Waals surface area contributed by atoms with E-state index in [1.165, 1.54) is 0 Å².